The molecule has 1 saturated carbocycles. The molecule has 0 radical (unpaired) electrons. The van der Waals surface area contributed by atoms with E-state index in [4.69, 9.17) is 14.2 Å². The van der Waals surface area contributed by atoms with Crippen molar-refractivity contribution in [1.82, 2.24) is 10.3 Å². The normalized spacial score (nSPS) is 17.2. The third kappa shape index (κ3) is 4.16. The van der Waals surface area contributed by atoms with Gasteiger partial charge in [-0.2, -0.15) is 0 Å². The number of carbonyl (C=O) groups is 1. The van der Waals surface area contributed by atoms with Gasteiger partial charge in [0.1, 0.15) is 13.2 Å². The fourth-order valence-electron chi connectivity index (χ4n) is 4.14. The Kier molecular flexibility index (Phi) is 5.60. The molecule has 2 heterocycles. The van der Waals surface area contributed by atoms with E-state index in [2.05, 4.69) is 10.3 Å². The van der Waals surface area contributed by atoms with Crippen molar-refractivity contribution < 1.29 is 19.0 Å². The highest BCUT2D eigenvalue weighted by molar-refractivity contribution is 5.88. The largest absolute Gasteiger partial charge is 0.486 e. The molecule has 1 aliphatic heterocycles. The maximum absolute atomic E-state index is 13.3. The molecule has 1 aliphatic carbocycles. The molecule has 2 aromatic rings. The molecule has 0 spiro atoms. The molecule has 1 N–H and O–H groups in total. The predicted molar refractivity (Wildman–Crippen MR) is 109 cm³/mol. The zero-order valence-electron chi connectivity index (χ0n) is 17.1. The van der Waals surface area contributed by atoms with Crippen molar-refractivity contribution in [3.8, 4) is 17.4 Å². The molecular formula is C23H28N2O4. The Balaban J connectivity index is 1.48. The predicted octanol–water partition coefficient (Wildman–Crippen LogP) is 3.77. The number of carbonyl (C=O) groups excluding carboxylic acids is 1. The van der Waals surface area contributed by atoms with Gasteiger partial charge in [-0.15, -0.1) is 0 Å². The highest BCUT2D eigenvalue weighted by atomic mass is 16.6. The van der Waals surface area contributed by atoms with Crippen molar-refractivity contribution in [2.45, 2.75) is 57.6 Å². The Hall–Kier alpha value is -2.76. The van der Waals surface area contributed by atoms with E-state index in [1.54, 1.807) is 6.20 Å². The van der Waals surface area contributed by atoms with E-state index >= 15 is 0 Å². The van der Waals surface area contributed by atoms with E-state index in [0.29, 0.717) is 25.6 Å². The van der Waals surface area contributed by atoms with E-state index in [1.807, 2.05) is 44.2 Å². The summed E-state index contributed by atoms with van der Waals surface area (Å²) in [5.74, 6) is 2.15. The quantitative estimate of drug-likeness (QED) is 0.805. The third-order valence-corrected chi connectivity index (χ3v) is 5.59. The van der Waals surface area contributed by atoms with Gasteiger partial charge in [0.25, 0.3) is 0 Å². The number of amides is 1. The lowest BCUT2D eigenvalue weighted by molar-refractivity contribution is -0.126. The monoisotopic (exact) mass is 396 g/mol. The van der Waals surface area contributed by atoms with Crippen molar-refractivity contribution in [3.05, 3.63) is 47.7 Å². The molecule has 1 aromatic heterocycles. The minimum Gasteiger partial charge on any atom is -0.486 e. The summed E-state index contributed by atoms with van der Waals surface area (Å²) < 4.78 is 16.9. The highest BCUT2D eigenvalue weighted by Crippen LogP contribution is 2.44. The van der Waals surface area contributed by atoms with Gasteiger partial charge in [0.15, 0.2) is 11.5 Å². The molecule has 1 fully saturated rings. The molecule has 6 heteroatoms. The van der Waals surface area contributed by atoms with Crippen LogP contribution in [-0.4, -0.2) is 30.2 Å². The lowest BCUT2D eigenvalue weighted by atomic mass is 9.77. The van der Waals surface area contributed by atoms with Crippen molar-refractivity contribution in [1.29, 1.82) is 0 Å². The lowest BCUT2D eigenvalue weighted by Crippen LogP contribution is -2.42. The van der Waals surface area contributed by atoms with Crippen LogP contribution >= 0.6 is 0 Å². The van der Waals surface area contributed by atoms with Crippen molar-refractivity contribution in [2.75, 3.05) is 13.2 Å². The van der Waals surface area contributed by atoms with E-state index in [9.17, 15) is 4.79 Å². The van der Waals surface area contributed by atoms with Gasteiger partial charge < -0.3 is 19.5 Å². The van der Waals surface area contributed by atoms with Gasteiger partial charge in [0.05, 0.1) is 11.5 Å². The SMILES string of the molecule is CC(C)Oc1ccc(CNC(=O)C2(c3ccc4c(c3)OCCO4)CCCC2)cn1. The van der Waals surface area contributed by atoms with Gasteiger partial charge in [-0.05, 0) is 49.9 Å². The average molecular weight is 396 g/mol. The molecule has 154 valence electrons. The van der Waals surface area contributed by atoms with Crippen LogP contribution in [0.4, 0.5) is 0 Å². The molecule has 4 rings (SSSR count). The van der Waals surface area contributed by atoms with Crippen LogP contribution in [0.3, 0.4) is 0 Å². The van der Waals surface area contributed by atoms with E-state index < -0.39 is 5.41 Å². The number of rotatable bonds is 6. The van der Waals surface area contributed by atoms with E-state index in [-0.39, 0.29) is 12.0 Å². The Labute approximate surface area is 171 Å². The second-order valence-electron chi connectivity index (χ2n) is 8.00. The number of nitrogens with zero attached hydrogens (tertiary/aromatic N) is 1. The summed E-state index contributed by atoms with van der Waals surface area (Å²) >= 11 is 0. The number of benzene rings is 1. The summed E-state index contributed by atoms with van der Waals surface area (Å²) in [4.78, 5) is 17.6. The van der Waals surface area contributed by atoms with Crippen LogP contribution in [0.5, 0.6) is 17.4 Å². The lowest BCUT2D eigenvalue weighted by Gasteiger charge is -2.30. The van der Waals surface area contributed by atoms with Crippen molar-refractivity contribution >= 4 is 5.91 Å². The summed E-state index contributed by atoms with van der Waals surface area (Å²) in [7, 11) is 0. The molecule has 1 amide bonds. The number of aromatic nitrogens is 1. The Morgan fingerprint density at radius 3 is 2.59 bits per heavy atom. The van der Waals surface area contributed by atoms with Gasteiger partial charge >= 0.3 is 0 Å². The molecule has 0 unspecified atom stereocenters. The fraction of sp³-hybridized carbons (Fsp3) is 0.478. The highest BCUT2D eigenvalue weighted by Gasteiger charge is 2.43. The number of hydrogen-bond donors (Lipinski definition) is 1. The Bertz CT molecular complexity index is 858. The van der Waals surface area contributed by atoms with Crippen LogP contribution in [-0.2, 0) is 16.8 Å². The second-order valence-corrected chi connectivity index (χ2v) is 8.00. The number of hydrogen-bond acceptors (Lipinski definition) is 5. The summed E-state index contributed by atoms with van der Waals surface area (Å²) in [5, 5.41) is 3.13. The van der Waals surface area contributed by atoms with Crippen LogP contribution in [0.1, 0.15) is 50.7 Å². The average Bonchev–Trinajstić information content (AvgIpc) is 3.23. The first kappa shape index (κ1) is 19.6. The molecule has 0 saturated heterocycles. The molecule has 1 aromatic carbocycles. The van der Waals surface area contributed by atoms with Gasteiger partial charge in [-0.1, -0.05) is 25.0 Å². The number of fused-ring (bicyclic) bond motifs is 1. The first-order chi connectivity index (χ1) is 14.1. The summed E-state index contributed by atoms with van der Waals surface area (Å²) in [6.45, 7) is 5.48. The molecule has 0 bridgehead atoms. The molecule has 29 heavy (non-hydrogen) atoms. The van der Waals surface area contributed by atoms with Gasteiger partial charge in [0.2, 0.25) is 11.8 Å². The first-order valence-corrected chi connectivity index (χ1v) is 10.4. The van der Waals surface area contributed by atoms with Gasteiger partial charge in [-0.3, -0.25) is 4.79 Å². The fourth-order valence-corrected chi connectivity index (χ4v) is 4.14. The van der Waals surface area contributed by atoms with Crippen LogP contribution in [0.15, 0.2) is 36.5 Å². The zero-order valence-corrected chi connectivity index (χ0v) is 17.1. The standard InChI is InChI=1S/C23H28N2O4/c1-16(2)29-21-8-5-17(14-24-21)15-25-22(26)23(9-3-4-10-23)18-6-7-19-20(13-18)28-12-11-27-19/h5-8,13-14,16H,3-4,9-12,15H2,1-2H3,(H,25,26). The summed E-state index contributed by atoms with van der Waals surface area (Å²) in [5.41, 5.74) is 1.45. The van der Waals surface area contributed by atoms with Crippen LogP contribution < -0.4 is 19.5 Å². The van der Waals surface area contributed by atoms with Crippen molar-refractivity contribution in [2.24, 2.45) is 0 Å². The molecule has 6 nitrogen and oxygen atoms in total. The molecule has 2 aliphatic rings. The second kappa shape index (κ2) is 8.31. The maximum atomic E-state index is 13.3. The summed E-state index contributed by atoms with van der Waals surface area (Å²) in [6, 6.07) is 9.70. The van der Waals surface area contributed by atoms with E-state index in [0.717, 1.165) is 48.3 Å². The van der Waals surface area contributed by atoms with Crippen LogP contribution in [0.2, 0.25) is 0 Å². The maximum Gasteiger partial charge on any atom is 0.230 e. The number of ether oxygens (including phenoxy) is 3. The Morgan fingerprint density at radius 2 is 1.90 bits per heavy atom. The zero-order chi connectivity index (χ0) is 20.3. The number of pyridine rings is 1. The minimum atomic E-state index is -0.510. The minimum absolute atomic E-state index is 0.0641. The summed E-state index contributed by atoms with van der Waals surface area (Å²) in [6.07, 6.45) is 5.62. The molecular weight excluding hydrogens is 368 g/mol. The Morgan fingerprint density at radius 1 is 1.14 bits per heavy atom. The first-order valence-electron chi connectivity index (χ1n) is 10.4. The molecule has 0 atom stereocenters. The van der Waals surface area contributed by atoms with Crippen molar-refractivity contribution in [3.63, 3.8) is 0 Å². The van der Waals surface area contributed by atoms with E-state index in [1.165, 1.54) is 0 Å². The van der Waals surface area contributed by atoms with Gasteiger partial charge in [0, 0.05) is 18.8 Å². The van der Waals surface area contributed by atoms with Crippen LogP contribution in [0, 0.1) is 0 Å². The van der Waals surface area contributed by atoms with Crippen LogP contribution in [0.25, 0.3) is 0 Å². The smallest absolute Gasteiger partial charge is 0.230 e. The van der Waals surface area contributed by atoms with Gasteiger partial charge in [-0.25, -0.2) is 4.98 Å². The number of nitrogens with one attached hydrogen (secondary N) is 1. The topological polar surface area (TPSA) is 69.7 Å². The third-order valence-electron chi connectivity index (χ3n) is 5.59.